The first-order chi connectivity index (χ1) is 19.6. The molecule has 0 unspecified atom stereocenters. The van der Waals surface area contributed by atoms with E-state index in [9.17, 15) is 13.2 Å². The van der Waals surface area contributed by atoms with Gasteiger partial charge in [0.05, 0.1) is 36.4 Å². The molecule has 5 rings (SSSR count). The van der Waals surface area contributed by atoms with Gasteiger partial charge >= 0.3 is 5.97 Å². The van der Waals surface area contributed by atoms with Crippen LogP contribution in [0.5, 0.6) is 0 Å². The van der Waals surface area contributed by atoms with Gasteiger partial charge in [0.1, 0.15) is 4.88 Å². The van der Waals surface area contributed by atoms with Crippen LogP contribution in [0.2, 0.25) is 0 Å². The van der Waals surface area contributed by atoms with Crippen molar-refractivity contribution < 1.29 is 17.9 Å². The largest absolute Gasteiger partial charge is 0.462 e. The van der Waals surface area contributed by atoms with Crippen LogP contribution in [0.15, 0.2) is 48.0 Å². The molecule has 1 aromatic carbocycles. The van der Waals surface area contributed by atoms with Crippen LogP contribution in [0.1, 0.15) is 33.5 Å². The summed E-state index contributed by atoms with van der Waals surface area (Å²) in [5.41, 5.74) is 3.64. The smallest absolute Gasteiger partial charge is 0.350 e. The van der Waals surface area contributed by atoms with Gasteiger partial charge in [0.25, 0.3) is 0 Å². The molecule has 4 heterocycles. The molecular formula is C26H29N9O4S2. The van der Waals surface area contributed by atoms with E-state index >= 15 is 0 Å². The normalized spacial score (nSPS) is 11.6. The first-order valence-corrected chi connectivity index (χ1v) is 15.5. The van der Waals surface area contributed by atoms with Gasteiger partial charge in [-0.05, 0) is 31.5 Å². The van der Waals surface area contributed by atoms with Crippen LogP contribution in [-0.2, 0) is 34.6 Å². The Morgan fingerprint density at radius 2 is 1.90 bits per heavy atom. The summed E-state index contributed by atoms with van der Waals surface area (Å²) in [6, 6.07) is 6.71. The van der Waals surface area contributed by atoms with Crippen molar-refractivity contribution in [2.24, 2.45) is 7.05 Å². The average Bonchev–Trinajstić information content (AvgIpc) is 3.63. The van der Waals surface area contributed by atoms with Gasteiger partial charge < -0.3 is 19.2 Å². The summed E-state index contributed by atoms with van der Waals surface area (Å²) >= 11 is 1.17. The maximum absolute atomic E-state index is 12.3. The summed E-state index contributed by atoms with van der Waals surface area (Å²) in [6.45, 7) is 4.76. The number of hydrogen-bond acceptors (Lipinski definition) is 12. The number of fused-ring (bicyclic) bond motifs is 1. The molecular weight excluding hydrogens is 566 g/mol. The van der Waals surface area contributed by atoms with Crippen LogP contribution in [0.4, 0.5) is 16.9 Å². The van der Waals surface area contributed by atoms with E-state index in [2.05, 4.69) is 30.6 Å². The van der Waals surface area contributed by atoms with E-state index in [-0.39, 0.29) is 17.5 Å². The Morgan fingerprint density at radius 3 is 2.59 bits per heavy atom. The highest BCUT2D eigenvalue weighted by Gasteiger charge is 2.19. The van der Waals surface area contributed by atoms with E-state index in [0.29, 0.717) is 52.2 Å². The standard InChI is InChI=1S/C26H29N9O4S2/c1-5-39-24(36)21-16(2)30-26(40-21)33-25-31-22(28-11-10-18-12-27-14-34(18)3)20-23(32-25)35(15-29-20)13-17-6-8-19(9-7-17)41(4,37)38/h6-9,12,14-15H,5,10-11,13H2,1-4H3,(H2,28,30,31,32,33). The van der Waals surface area contributed by atoms with Crippen molar-refractivity contribution >= 4 is 55.2 Å². The van der Waals surface area contributed by atoms with Crippen molar-refractivity contribution in [3.05, 3.63) is 64.9 Å². The molecule has 0 atom stereocenters. The zero-order chi connectivity index (χ0) is 29.1. The van der Waals surface area contributed by atoms with Crippen LogP contribution in [0.25, 0.3) is 11.2 Å². The summed E-state index contributed by atoms with van der Waals surface area (Å²) < 4.78 is 32.7. The van der Waals surface area contributed by atoms with Crippen LogP contribution in [-0.4, -0.2) is 67.8 Å². The number of ether oxygens (including phenoxy) is 1. The number of hydrogen-bond donors (Lipinski definition) is 2. The van der Waals surface area contributed by atoms with Crippen molar-refractivity contribution in [1.29, 1.82) is 0 Å². The second-order valence-corrected chi connectivity index (χ2v) is 12.3. The van der Waals surface area contributed by atoms with Gasteiger partial charge in [0.15, 0.2) is 32.0 Å². The third kappa shape index (κ3) is 6.36. The number of carbonyl (C=O) groups is 1. The number of sulfone groups is 1. The fourth-order valence-electron chi connectivity index (χ4n) is 4.14. The lowest BCUT2D eigenvalue weighted by atomic mass is 10.2. The second kappa shape index (κ2) is 11.6. The maximum atomic E-state index is 12.3. The Morgan fingerprint density at radius 1 is 1.12 bits per heavy atom. The number of rotatable bonds is 11. The van der Waals surface area contributed by atoms with Crippen molar-refractivity contribution in [1.82, 2.24) is 34.1 Å². The molecule has 0 amide bonds. The third-order valence-electron chi connectivity index (χ3n) is 6.23. The molecule has 214 valence electrons. The predicted octanol–water partition coefficient (Wildman–Crippen LogP) is 3.35. The number of esters is 1. The summed E-state index contributed by atoms with van der Waals surface area (Å²) in [5.74, 6) is 0.382. The van der Waals surface area contributed by atoms with E-state index < -0.39 is 15.8 Å². The van der Waals surface area contributed by atoms with Crippen molar-refractivity contribution in [3.63, 3.8) is 0 Å². The number of nitrogens with zero attached hydrogens (tertiary/aromatic N) is 7. The van der Waals surface area contributed by atoms with Crippen LogP contribution < -0.4 is 10.6 Å². The topological polar surface area (TPSA) is 159 Å². The number of thiazole rings is 1. The summed E-state index contributed by atoms with van der Waals surface area (Å²) in [5, 5.41) is 6.95. The van der Waals surface area contributed by atoms with Gasteiger partial charge in [0, 0.05) is 38.2 Å². The predicted molar refractivity (Wildman–Crippen MR) is 155 cm³/mol. The summed E-state index contributed by atoms with van der Waals surface area (Å²) in [6.07, 6.45) is 7.14. The molecule has 0 fully saturated rings. The number of anilines is 3. The summed E-state index contributed by atoms with van der Waals surface area (Å²) in [7, 11) is -1.35. The van der Waals surface area contributed by atoms with Crippen LogP contribution >= 0.6 is 11.3 Å². The third-order valence-corrected chi connectivity index (χ3v) is 8.42. The van der Waals surface area contributed by atoms with Crippen molar-refractivity contribution in [2.45, 2.75) is 31.7 Å². The van der Waals surface area contributed by atoms with Gasteiger partial charge in [-0.3, -0.25) is 5.32 Å². The molecule has 4 aromatic heterocycles. The Hall–Kier alpha value is -4.37. The van der Waals surface area contributed by atoms with Gasteiger partial charge in [-0.1, -0.05) is 23.5 Å². The minimum Gasteiger partial charge on any atom is -0.462 e. The van der Waals surface area contributed by atoms with Crippen LogP contribution in [0, 0.1) is 6.92 Å². The molecule has 0 aliphatic heterocycles. The zero-order valence-corrected chi connectivity index (χ0v) is 24.6. The first-order valence-electron chi connectivity index (χ1n) is 12.7. The molecule has 0 radical (unpaired) electrons. The highest BCUT2D eigenvalue weighted by Crippen LogP contribution is 2.28. The molecule has 15 heteroatoms. The number of imidazole rings is 2. The number of benzene rings is 1. The van der Waals surface area contributed by atoms with Gasteiger partial charge in [-0.25, -0.2) is 28.2 Å². The fraction of sp³-hybridized carbons (Fsp3) is 0.308. The highest BCUT2D eigenvalue weighted by atomic mass is 32.2. The van der Waals surface area contributed by atoms with Gasteiger partial charge in [-0.2, -0.15) is 9.97 Å². The molecule has 0 saturated carbocycles. The van der Waals surface area contributed by atoms with E-state index in [1.807, 2.05) is 22.4 Å². The van der Waals surface area contributed by atoms with Crippen molar-refractivity contribution in [2.75, 3.05) is 30.0 Å². The fourth-order valence-corrected chi connectivity index (χ4v) is 5.63. The average molecular weight is 596 g/mol. The minimum absolute atomic E-state index is 0.256. The van der Waals surface area contributed by atoms with Crippen LogP contribution in [0.3, 0.4) is 0 Å². The summed E-state index contributed by atoms with van der Waals surface area (Å²) in [4.78, 5) is 35.5. The molecule has 0 aliphatic carbocycles. The Kier molecular flexibility index (Phi) is 7.99. The number of nitrogens with one attached hydrogen (secondary N) is 2. The lowest BCUT2D eigenvalue weighted by Crippen LogP contribution is -2.11. The quantitative estimate of drug-likeness (QED) is 0.216. The van der Waals surface area contributed by atoms with E-state index in [1.165, 1.54) is 17.6 Å². The lowest BCUT2D eigenvalue weighted by molar-refractivity contribution is 0.0531. The maximum Gasteiger partial charge on any atom is 0.350 e. The molecule has 41 heavy (non-hydrogen) atoms. The van der Waals surface area contributed by atoms with E-state index in [4.69, 9.17) is 9.72 Å². The monoisotopic (exact) mass is 595 g/mol. The highest BCUT2D eigenvalue weighted by molar-refractivity contribution is 7.90. The Labute approximate surface area is 240 Å². The van der Waals surface area contributed by atoms with Gasteiger partial charge in [0.2, 0.25) is 5.95 Å². The molecule has 0 aliphatic rings. The van der Waals surface area contributed by atoms with E-state index in [0.717, 1.165) is 11.3 Å². The molecule has 5 aromatic rings. The second-order valence-electron chi connectivity index (χ2n) is 9.31. The molecule has 0 spiro atoms. The SMILES string of the molecule is CCOC(=O)c1sc(Nc2nc(NCCc3cncn3C)c3ncn(Cc4ccc(S(C)(=O)=O)cc4)c3n2)nc1C. The molecule has 13 nitrogen and oxygen atoms in total. The Balaban J connectivity index is 1.46. The first kappa shape index (κ1) is 28.2. The number of carbonyl (C=O) groups excluding carboxylic acids is 1. The lowest BCUT2D eigenvalue weighted by Gasteiger charge is -2.10. The number of aryl methyl sites for hydroxylation is 2. The zero-order valence-electron chi connectivity index (χ0n) is 22.9. The number of aromatic nitrogens is 7. The van der Waals surface area contributed by atoms with E-state index in [1.54, 1.807) is 50.8 Å². The molecule has 0 saturated heterocycles. The van der Waals surface area contributed by atoms with Crippen molar-refractivity contribution in [3.8, 4) is 0 Å². The van der Waals surface area contributed by atoms with Gasteiger partial charge in [-0.15, -0.1) is 0 Å². The minimum atomic E-state index is -3.29. The molecule has 2 N–H and O–H groups in total. The Bertz CT molecular complexity index is 1810. The molecule has 0 bridgehead atoms.